The Labute approximate surface area is 92.7 Å². The molecule has 1 aromatic rings. The van der Waals surface area contributed by atoms with Crippen LogP contribution in [0.15, 0.2) is 18.2 Å². The van der Waals surface area contributed by atoms with E-state index < -0.39 is 5.82 Å². The average molecular weight is 224 g/mol. The van der Waals surface area contributed by atoms with Crippen molar-refractivity contribution in [3.63, 3.8) is 0 Å². The summed E-state index contributed by atoms with van der Waals surface area (Å²) in [6, 6.07) is 3.79. The normalized spacial score (nSPS) is 16.2. The first-order valence-electron chi connectivity index (χ1n) is 5.17. The molecule has 0 aliphatic carbocycles. The second-order valence-corrected chi connectivity index (χ2v) is 3.72. The number of carbonyl (C=O) groups is 1. The lowest BCUT2D eigenvalue weighted by atomic mass is 10.1. The Morgan fingerprint density at radius 1 is 1.38 bits per heavy atom. The summed E-state index contributed by atoms with van der Waals surface area (Å²) in [7, 11) is 0. The van der Waals surface area contributed by atoms with E-state index >= 15 is 0 Å². The number of hydrogen-bond donors (Lipinski definition) is 1. The van der Waals surface area contributed by atoms with Crippen LogP contribution in [0.5, 0.6) is 0 Å². The van der Waals surface area contributed by atoms with E-state index in [4.69, 9.17) is 10.6 Å². The Bertz CT molecular complexity index is 383. The number of amides is 1. The summed E-state index contributed by atoms with van der Waals surface area (Å²) in [4.78, 5) is 17.1. The Morgan fingerprint density at radius 2 is 2.19 bits per heavy atom. The highest BCUT2D eigenvalue weighted by Gasteiger charge is 2.20. The maximum absolute atomic E-state index is 13.1. The van der Waals surface area contributed by atoms with Crippen LogP contribution in [0.1, 0.15) is 23.2 Å². The van der Waals surface area contributed by atoms with Crippen molar-refractivity contribution in [2.75, 3.05) is 18.9 Å². The monoisotopic (exact) mass is 224 g/mol. The molecule has 2 rings (SSSR count). The highest BCUT2D eigenvalue weighted by atomic mass is 19.1. The zero-order valence-electron chi connectivity index (χ0n) is 8.78. The van der Waals surface area contributed by atoms with Crippen molar-refractivity contribution in [1.29, 1.82) is 0 Å². The number of nitrogen functional groups attached to an aromatic ring is 1. The van der Waals surface area contributed by atoms with Crippen molar-refractivity contribution in [2.24, 2.45) is 0 Å². The Kier molecular flexibility index (Phi) is 3.05. The van der Waals surface area contributed by atoms with Crippen LogP contribution >= 0.6 is 0 Å². The van der Waals surface area contributed by atoms with E-state index in [1.807, 2.05) is 0 Å². The molecule has 1 aliphatic heterocycles. The van der Waals surface area contributed by atoms with Gasteiger partial charge in [-0.1, -0.05) is 0 Å². The van der Waals surface area contributed by atoms with E-state index in [-0.39, 0.29) is 17.2 Å². The number of halogens is 1. The molecule has 4 nitrogen and oxygen atoms in total. The molecule has 86 valence electrons. The molecule has 16 heavy (non-hydrogen) atoms. The van der Waals surface area contributed by atoms with Crippen molar-refractivity contribution >= 4 is 11.6 Å². The summed E-state index contributed by atoms with van der Waals surface area (Å²) in [5.74, 6) is -0.855. The zero-order valence-corrected chi connectivity index (χ0v) is 8.78. The topological polar surface area (TPSA) is 55.6 Å². The summed E-state index contributed by atoms with van der Waals surface area (Å²) in [6.07, 6.45) is 1.84. The first-order chi connectivity index (χ1) is 7.66. The van der Waals surface area contributed by atoms with Gasteiger partial charge in [0.05, 0.1) is 6.61 Å². The number of nitrogens with two attached hydrogens (primary N) is 1. The van der Waals surface area contributed by atoms with E-state index in [0.717, 1.165) is 18.9 Å². The van der Waals surface area contributed by atoms with Crippen molar-refractivity contribution < 1.29 is 14.0 Å². The third kappa shape index (κ3) is 2.30. The van der Waals surface area contributed by atoms with Gasteiger partial charge in [-0.3, -0.25) is 9.63 Å². The minimum atomic E-state index is -0.514. The summed E-state index contributed by atoms with van der Waals surface area (Å²) in [6.45, 7) is 1.06. The summed E-state index contributed by atoms with van der Waals surface area (Å²) in [5.41, 5.74) is 5.93. The standard InChI is InChI=1S/C11H13FN2O2/c12-9-5-8(6-10(13)7-9)11(15)14-3-1-2-4-16-14/h5-7H,1-4,13H2. The minimum Gasteiger partial charge on any atom is -0.399 e. The number of hydrogen-bond acceptors (Lipinski definition) is 3. The van der Waals surface area contributed by atoms with Crippen LogP contribution in [0.4, 0.5) is 10.1 Å². The van der Waals surface area contributed by atoms with Crippen LogP contribution in [0.3, 0.4) is 0 Å². The third-order valence-corrected chi connectivity index (χ3v) is 2.40. The lowest BCUT2D eigenvalue weighted by Gasteiger charge is -2.25. The Hall–Kier alpha value is -1.62. The number of anilines is 1. The van der Waals surface area contributed by atoms with Crippen LogP contribution in [0.2, 0.25) is 0 Å². The van der Waals surface area contributed by atoms with Gasteiger partial charge < -0.3 is 5.73 Å². The van der Waals surface area contributed by atoms with E-state index in [2.05, 4.69) is 0 Å². The number of rotatable bonds is 1. The number of carbonyl (C=O) groups excluding carboxylic acids is 1. The third-order valence-electron chi connectivity index (χ3n) is 2.40. The van der Waals surface area contributed by atoms with Gasteiger partial charge in [-0.05, 0) is 31.0 Å². The largest absolute Gasteiger partial charge is 0.399 e. The van der Waals surface area contributed by atoms with Crippen molar-refractivity contribution in [3.05, 3.63) is 29.6 Å². The Balaban J connectivity index is 2.19. The summed E-state index contributed by atoms with van der Waals surface area (Å²) < 4.78 is 13.1. The molecule has 1 aliphatic rings. The van der Waals surface area contributed by atoms with Crippen LogP contribution < -0.4 is 5.73 Å². The van der Waals surface area contributed by atoms with Gasteiger partial charge in [0.1, 0.15) is 5.82 Å². The summed E-state index contributed by atoms with van der Waals surface area (Å²) in [5, 5.41) is 1.26. The molecule has 0 radical (unpaired) electrons. The fourth-order valence-corrected chi connectivity index (χ4v) is 1.64. The van der Waals surface area contributed by atoms with Gasteiger partial charge in [-0.15, -0.1) is 0 Å². The first-order valence-corrected chi connectivity index (χ1v) is 5.17. The lowest BCUT2D eigenvalue weighted by Crippen LogP contribution is -2.35. The predicted octanol–water partition coefficient (Wildman–Crippen LogP) is 1.58. The molecule has 1 aromatic carbocycles. The first kappa shape index (κ1) is 10.9. The Morgan fingerprint density at radius 3 is 2.81 bits per heavy atom. The van der Waals surface area contributed by atoms with E-state index in [0.29, 0.717) is 13.2 Å². The molecular weight excluding hydrogens is 211 g/mol. The second-order valence-electron chi connectivity index (χ2n) is 3.72. The predicted molar refractivity (Wildman–Crippen MR) is 57.0 cm³/mol. The molecule has 5 heteroatoms. The molecular formula is C11H13FN2O2. The van der Waals surface area contributed by atoms with Gasteiger partial charge >= 0.3 is 0 Å². The van der Waals surface area contributed by atoms with E-state index in [1.54, 1.807) is 0 Å². The highest BCUT2D eigenvalue weighted by Crippen LogP contribution is 2.15. The van der Waals surface area contributed by atoms with Crippen LogP contribution in [0.25, 0.3) is 0 Å². The highest BCUT2D eigenvalue weighted by molar-refractivity contribution is 5.94. The van der Waals surface area contributed by atoms with Gasteiger partial charge in [-0.25, -0.2) is 9.45 Å². The fraction of sp³-hybridized carbons (Fsp3) is 0.364. The number of nitrogens with zero attached hydrogens (tertiary/aromatic N) is 1. The molecule has 1 amide bonds. The van der Waals surface area contributed by atoms with Gasteiger partial charge in [-0.2, -0.15) is 0 Å². The van der Waals surface area contributed by atoms with Crippen LogP contribution in [-0.2, 0) is 4.84 Å². The van der Waals surface area contributed by atoms with Gasteiger partial charge in [0, 0.05) is 17.8 Å². The second kappa shape index (κ2) is 4.49. The summed E-state index contributed by atoms with van der Waals surface area (Å²) >= 11 is 0. The molecule has 1 fully saturated rings. The average Bonchev–Trinajstić information content (AvgIpc) is 2.28. The van der Waals surface area contributed by atoms with Gasteiger partial charge in [0.2, 0.25) is 0 Å². The molecule has 1 saturated heterocycles. The van der Waals surface area contributed by atoms with Crippen molar-refractivity contribution in [1.82, 2.24) is 5.06 Å². The molecule has 0 aromatic heterocycles. The lowest BCUT2D eigenvalue weighted by molar-refractivity contribution is -0.144. The maximum Gasteiger partial charge on any atom is 0.277 e. The molecule has 0 bridgehead atoms. The smallest absolute Gasteiger partial charge is 0.277 e. The van der Waals surface area contributed by atoms with E-state index in [1.165, 1.54) is 17.2 Å². The molecule has 0 unspecified atom stereocenters. The number of hydroxylamine groups is 2. The van der Waals surface area contributed by atoms with Gasteiger partial charge in [0.25, 0.3) is 5.91 Å². The van der Waals surface area contributed by atoms with Crippen molar-refractivity contribution in [3.8, 4) is 0 Å². The number of benzene rings is 1. The fourth-order valence-electron chi connectivity index (χ4n) is 1.64. The van der Waals surface area contributed by atoms with Crippen molar-refractivity contribution in [2.45, 2.75) is 12.8 Å². The van der Waals surface area contributed by atoms with Gasteiger partial charge in [0.15, 0.2) is 0 Å². The van der Waals surface area contributed by atoms with E-state index in [9.17, 15) is 9.18 Å². The molecule has 0 atom stereocenters. The molecule has 1 heterocycles. The quantitative estimate of drug-likeness (QED) is 0.737. The molecule has 0 saturated carbocycles. The molecule has 0 spiro atoms. The minimum absolute atomic E-state index is 0.222. The van der Waals surface area contributed by atoms with Crippen LogP contribution in [0, 0.1) is 5.82 Å². The maximum atomic E-state index is 13.1. The molecule has 2 N–H and O–H groups in total. The zero-order chi connectivity index (χ0) is 11.5. The SMILES string of the molecule is Nc1cc(F)cc(C(=O)N2CCCCO2)c1. The van der Waals surface area contributed by atoms with Crippen LogP contribution in [-0.4, -0.2) is 24.1 Å².